The number of benzene rings is 1. The van der Waals surface area contributed by atoms with Crippen molar-refractivity contribution in [2.75, 3.05) is 7.11 Å². The standard InChI is InChI=1S/C18H20N4O3/c1-9(2)24-13-6-5-11(7-14(13)23-4)16-12(8-19)17(20)25-18-15(16)10(3)21-22-18/h5-7,9,12,16,20H,1-4H3,(H,21,22). The number of fused-ring (bicyclic) bond motifs is 1. The summed E-state index contributed by atoms with van der Waals surface area (Å²) < 4.78 is 16.6. The fourth-order valence-corrected chi connectivity index (χ4v) is 3.07. The van der Waals surface area contributed by atoms with Crippen molar-refractivity contribution in [1.82, 2.24) is 10.2 Å². The summed E-state index contributed by atoms with van der Waals surface area (Å²) in [6, 6.07) is 7.75. The molecule has 0 bridgehead atoms. The molecule has 0 amide bonds. The molecule has 2 N–H and O–H groups in total. The van der Waals surface area contributed by atoms with Gasteiger partial charge in [-0.05, 0) is 38.5 Å². The maximum atomic E-state index is 9.59. The molecule has 0 saturated heterocycles. The SMILES string of the molecule is COc1cc(C2c3c(n[nH]c3C)OC(=N)C2C#N)ccc1OC(C)C. The summed E-state index contributed by atoms with van der Waals surface area (Å²) in [5.41, 5.74) is 2.45. The summed E-state index contributed by atoms with van der Waals surface area (Å²) in [5.74, 6) is 0.380. The Bertz CT molecular complexity index is 850. The summed E-state index contributed by atoms with van der Waals surface area (Å²) in [6.07, 6.45) is 0.0191. The molecule has 2 atom stereocenters. The third kappa shape index (κ3) is 2.91. The van der Waals surface area contributed by atoms with Crippen molar-refractivity contribution >= 4 is 5.90 Å². The van der Waals surface area contributed by atoms with Crippen molar-refractivity contribution in [3.8, 4) is 23.4 Å². The van der Waals surface area contributed by atoms with Crippen LogP contribution in [0.25, 0.3) is 0 Å². The van der Waals surface area contributed by atoms with Crippen LogP contribution < -0.4 is 14.2 Å². The summed E-state index contributed by atoms with van der Waals surface area (Å²) in [4.78, 5) is 0. The van der Waals surface area contributed by atoms with Crippen LogP contribution >= 0.6 is 0 Å². The fourth-order valence-electron chi connectivity index (χ4n) is 3.07. The summed E-state index contributed by atoms with van der Waals surface area (Å²) in [7, 11) is 1.58. The number of nitrogens with one attached hydrogen (secondary N) is 2. The zero-order valence-corrected chi connectivity index (χ0v) is 14.6. The van der Waals surface area contributed by atoms with E-state index in [0.29, 0.717) is 17.4 Å². The molecule has 3 rings (SSSR count). The molecule has 0 saturated carbocycles. The molecule has 0 aliphatic carbocycles. The lowest BCUT2D eigenvalue weighted by molar-refractivity contribution is 0.230. The molecule has 0 fully saturated rings. The van der Waals surface area contributed by atoms with E-state index in [1.807, 2.05) is 39.0 Å². The molecule has 1 aromatic carbocycles. The van der Waals surface area contributed by atoms with Crippen molar-refractivity contribution in [2.45, 2.75) is 32.8 Å². The Kier molecular flexibility index (Phi) is 4.36. The van der Waals surface area contributed by atoms with Gasteiger partial charge in [-0.15, -0.1) is 5.10 Å². The normalized spacial score (nSPS) is 19.1. The average molecular weight is 340 g/mol. The van der Waals surface area contributed by atoms with E-state index in [9.17, 15) is 5.26 Å². The number of nitriles is 1. The van der Waals surface area contributed by atoms with E-state index in [4.69, 9.17) is 19.6 Å². The van der Waals surface area contributed by atoms with Crippen LogP contribution in [0, 0.1) is 29.6 Å². The van der Waals surface area contributed by atoms with Gasteiger partial charge in [-0.25, -0.2) is 0 Å². The molecule has 1 aromatic heterocycles. The van der Waals surface area contributed by atoms with E-state index in [1.165, 1.54) is 0 Å². The van der Waals surface area contributed by atoms with Gasteiger partial charge in [0.25, 0.3) is 0 Å². The Hall–Kier alpha value is -3.01. The second-order valence-electron chi connectivity index (χ2n) is 6.20. The molecule has 1 aliphatic heterocycles. The largest absolute Gasteiger partial charge is 0.493 e. The van der Waals surface area contributed by atoms with Gasteiger partial charge >= 0.3 is 0 Å². The van der Waals surface area contributed by atoms with Crippen molar-refractivity contribution in [3.05, 3.63) is 35.0 Å². The first-order valence-corrected chi connectivity index (χ1v) is 8.01. The second kappa shape index (κ2) is 6.48. The van der Waals surface area contributed by atoms with Crippen LogP contribution in [0.3, 0.4) is 0 Å². The third-order valence-corrected chi connectivity index (χ3v) is 4.14. The van der Waals surface area contributed by atoms with Crippen LogP contribution in [-0.4, -0.2) is 29.3 Å². The topological polar surface area (TPSA) is 104 Å². The van der Waals surface area contributed by atoms with E-state index in [-0.39, 0.29) is 17.9 Å². The minimum atomic E-state index is -0.731. The number of methoxy groups -OCH3 is 1. The number of aromatic amines is 1. The third-order valence-electron chi connectivity index (χ3n) is 4.14. The second-order valence-corrected chi connectivity index (χ2v) is 6.20. The Morgan fingerprint density at radius 1 is 1.36 bits per heavy atom. The summed E-state index contributed by atoms with van der Waals surface area (Å²) in [5, 5.41) is 24.6. The highest BCUT2D eigenvalue weighted by molar-refractivity contribution is 5.84. The van der Waals surface area contributed by atoms with E-state index >= 15 is 0 Å². The molecule has 1 aliphatic rings. The van der Waals surface area contributed by atoms with Gasteiger partial charge in [-0.1, -0.05) is 6.07 Å². The Morgan fingerprint density at radius 3 is 2.76 bits per heavy atom. The highest BCUT2D eigenvalue weighted by atomic mass is 16.5. The predicted molar refractivity (Wildman–Crippen MR) is 91.4 cm³/mol. The van der Waals surface area contributed by atoms with E-state index < -0.39 is 5.92 Å². The molecule has 2 heterocycles. The molecular formula is C18H20N4O3. The zero-order valence-electron chi connectivity index (χ0n) is 14.6. The highest BCUT2D eigenvalue weighted by Gasteiger charge is 2.40. The number of aromatic nitrogens is 2. The first-order valence-electron chi connectivity index (χ1n) is 8.01. The van der Waals surface area contributed by atoms with Crippen LogP contribution in [0.4, 0.5) is 0 Å². The van der Waals surface area contributed by atoms with Crippen LogP contribution in [0.1, 0.15) is 36.6 Å². The van der Waals surface area contributed by atoms with E-state index in [2.05, 4.69) is 16.3 Å². The van der Waals surface area contributed by atoms with Crippen LogP contribution in [0.2, 0.25) is 0 Å². The van der Waals surface area contributed by atoms with Gasteiger partial charge in [-0.2, -0.15) is 5.26 Å². The van der Waals surface area contributed by atoms with Crippen LogP contribution in [0.15, 0.2) is 18.2 Å². The van der Waals surface area contributed by atoms with Crippen molar-refractivity contribution < 1.29 is 14.2 Å². The van der Waals surface area contributed by atoms with Gasteiger partial charge < -0.3 is 14.2 Å². The number of nitrogens with zero attached hydrogens (tertiary/aromatic N) is 2. The lowest BCUT2D eigenvalue weighted by atomic mass is 9.79. The zero-order chi connectivity index (χ0) is 18.1. The van der Waals surface area contributed by atoms with Gasteiger partial charge in [0.05, 0.1) is 19.3 Å². The lowest BCUT2D eigenvalue weighted by Gasteiger charge is -2.28. The molecule has 7 nitrogen and oxygen atoms in total. The molecule has 0 spiro atoms. The van der Waals surface area contributed by atoms with Gasteiger partial charge in [0, 0.05) is 17.2 Å². The van der Waals surface area contributed by atoms with Gasteiger partial charge in [0.15, 0.2) is 11.5 Å². The number of aryl methyl sites for hydroxylation is 1. The maximum Gasteiger partial charge on any atom is 0.243 e. The van der Waals surface area contributed by atoms with E-state index in [1.54, 1.807) is 7.11 Å². The minimum absolute atomic E-state index is 0.0191. The van der Waals surface area contributed by atoms with Crippen molar-refractivity contribution in [1.29, 1.82) is 10.7 Å². The van der Waals surface area contributed by atoms with Crippen molar-refractivity contribution in [2.24, 2.45) is 5.92 Å². The maximum absolute atomic E-state index is 9.59. The molecule has 2 aromatic rings. The Labute approximate surface area is 146 Å². The Balaban J connectivity index is 2.12. The van der Waals surface area contributed by atoms with E-state index in [0.717, 1.165) is 16.8 Å². The fraction of sp³-hybridized carbons (Fsp3) is 0.389. The summed E-state index contributed by atoms with van der Waals surface area (Å²) in [6.45, 7) is 5.76. The van der Waals surface area contributed by atoms with Crippen molar-refractivity contribution in [3.63, 3.8) is 0 Å². The van der Waals surface area contributed by atoms with Gasteiger partial charge in [0.2, 0.25) is 11.8 Å². The highest BCUT2D eigenvalue weighted by Crippen LogP contribution is 2.44. The molecule has 2 unspecified atom stereocenters. The molecule has 25 heavy (non-hydrogen) atoms. The quantitative estimate of drug-likeness (QED) is 0.889. The minimum Gasteiger partial charge on any atom is -0.493 e. The molecule has 0 radical (unpaired) electrons. The van der Waals surface area contributed by atoms with Gasteiger partial charge in [-0.3, -0.25) is 10.5 Å². The summed E-state index contributed by atoms with van der Waals surface area (Å²) >= 11 is 0. The average Bonchev–Trinajstić information content (AvgIpc) is 2.94. The predicted octanol–water partition coefficient (Wildman–Crippen LogP) is 3.16. The lowest BCUT2D eigenvalue weighted by Crippen LogP contribution is -2.31. The number of rotatable bonds is 4. The molecule has 7 heteroatoms. The number of ether oxygens (including phenoxy) is 3. The number of hydrogen-bond acceptors (Lipinski definition) is 6. The number of hydrogen-bond donors (Lipinski definition) is 2. The first kappa shape index (κ1) is 16.8. The molecular weight excluding hydrogens is 320 g/mol. The van der Waals surface area contributed by atoms with Gasteiger partial charge in [0.1, 0.15) is 5.92 Å². The smallest absolute Gasteiger partial charge is 0.243 e. The Morgan fingerprint density at radius 2 is 2.12 bits per heavy atom. The number of H-pyrrole nitrogens is 1. The van der Waals surface area contributed by atoms with Crippen LogP contribution in [-0.2, 0) is 0 Å². The molecule has 130 valence electrons. The monoisotopic (exact) mass is 340 g/mol. The van der Waals surface area contributed by atoms with Crippen LogP contribution in [0.5, 0.6) is 17.4 Å². The first-order chi connectivity index (χ1) is 12.0.